The van der Waals surface area contributed by atoms with E-state index < -0.39 is 0 Å². The Hall–Kier alpha value is -2.84. The average molecular weight is 323 g/mol. The molecule has 0 unspecified atom stereocenters. The van der Waals surface area contributed by atoms with Crippen LogP contribution in [0.5, 0.6) is 5.75 Å². The van der Waals surface area contributed by atoms with Crippen molar-refractivity contribution in [2.75, 3.05) is 19.5 Å². The molecule has 0 spiro atoms. The number of hydrogen-bond acceptors (Lipinski definition) is 4. The number of nitrogens with zero attached hydrogens (tertiary/aromatic N) is 2. The van der Waals surface area contributed by atoms with E-state index in [9.17, 15) is 4.79 Å². The van der Waals surface area contributed by atoms with Gasteiger partial charge in [0.05, 0.1) is 24.4 Å². The zero-order valence-corrected chi connectivity index (χ0v) is 14.1. The van der Waals surface area contributed by atoms with Gasteiger partial charge in [-0.05, 0) is 43.8 Å². The third-order valence-corrected chi connectivity index (χ3v) is 3.91. The number of carbonyl (C=O) groups excluding carboxylic acids is 1. The SMILES string of the molecule is COc1cccc(CN(C)[C@@H](C)C(=O)Nc2ccccc2C#N)c1. The van der Waals surface area contributed by atoms with E-state index in [4.69, 9.17) is 10.00 Å². The van der Waals surface area contributed by atoms with Gasteiger partial charge in [0.2, 0.25) is 5.91 Å². The quantitative estimate of drug-likeness (QED) is 0.887. The number of nitriles is 1. The fourth-order valence-corrected chi connectivity index (χ4v) is 2.32. The van der Waals surface area contributed by atoms with Crippen molar-refractivity contribution >= 4 is 11.6 Å². The minimum atomic E-state index is -0.344. The Bertz CT molecular complexity index is 752. The molecule has 0 radical (unpaired) electrons. The molecule has 0 heterocycles. The van der Waals surface area contributed by atoms with Crippen molar-refractivity contribution in [3.05, 3.63) is 59.7 Å². The summed E-state index contributed by atoms with van der Waals surface area (Å²) in [4.78, 5) is 14.4. The van der Waals surface area contributed by atoms with Crippen molar-refractivity contribution in [1.29, 1.82) is 5.26 Å². The third-order valence-electron chi connectivity index (χ3n) is 3.91. The summed E-state index contributed by atoms with van der Waals surface area (Å²) in [5, 5.41) is 11.9. The number of rotatable bonds is 6. The van der Waals surface area contributed by atoms with Crippen LogP contribution >= 0.6 is 0 Å². The monoisotopic (exact) mass is 323 g/mol. The van der Waals surface area contributed by atoms with Crippen molar-refractivity contribution in [2.24, 2.45) is 0 Å². The lowest BCUT2D eigenvalue weighted by atomic mass is 10.1. The summed E-state index contributed by atoms with van der Waals surface area (Å²) in [6.45, 7) is 2.45. The second-order valence-corrected chi connectivity index (χ2v) is 5.59. The van der Waals surface area contributed by atoms with Crippen LogP contribution in [0.4, 0.5) is 5.69 Å². The summed E-state index contributed by atoms with van der Waals surface area (Å²) in [6.07, 6.45) is 0. The van der Waals surface area contributed by atoms with Crippen molar-refractivity contribution < 1.29 is 9.53 Å². The van der Waals surface area contributed by atoms with E-state index in [-0.39, 0.29) is 11.9 Å². The zero-order valence-electron chi connectivity index (χ0n) is 14.1. The van der Waals surface area contributed by atoms with E-state index in [1.54, 1.807) is 31.4 Å². The molecule has 1 N–H and O–H groups in total. The van der Waals surface area contributed by atoms with Crippen LogP contribution in [0, 0.1) is 11.3 Å². The molecule has 1 atom stereocenters. The summed E-state index contributed by atoms with van der Waals surface area (Å²) in [5.41, 5.74) is 2.05. The Balaban J connectivity index is 2.03. The fourth-order valence-electron chi connectivity index (χ4n) is 2.32. The predicted molar refractivity (Wildman–Crippen MR) is 93.7 cm³/mol. The van der Waals surface area contributed by atoms with Gasteiger partial charge in [-0.1, -0.05) is 24.3 Å². The molecule has 2 rings (SSSR count). The summed E-state index contributed by atoms with van der Waals surface area (Å²) in [7, 11) is 3.52. The van der Waals surface area contributed by atoms with Gasteiger partial charge in [-0.25, -0.2) is 0 Å². The van der Waals surface area contributed by atoms with E-state index in [0.29, 0.717) is 17.8 Å². The molecule has 124 valence electrons. The van der Waals surface area contributed by atoms with Gasteiger partial charge in [-0.2, -0.15) is 5.26 Å². The minimum absolute atomic E-state index is 0.150. The lowest BCUT2D eigenvalue weighted by Crippen LogP contribution is -2.39. The molecule has 5 heteroatoms. The first kappa shape index (κ1) is 17.5. The van der Waals surface area contributed by atoms with E-state index in [1.165, 1.54) is 0 Å². The first-order valence-electron chi connectivity index (χ1n) is 7.68. The lowest BCUT2D eigenvalue weighted by Gasteiger charge is -2.24. The molecule has 24 heavy (non-hydrogen) atoms. The molecule has 0 aromatic heterocycles. The second-order valence-electron chi connectivity index (χ2n) is 5.59. The number of amides is 1. The van der Waals surface area contributed by atoms with E-state index in [1.807, 2.05) is 43.1 Å². The van der Waals surface area contributed by atoms with Gasteiger partial charge in [0, 0.05) is 6.54 Å². The highest BCUT2D eigenvalue weighted by Crippen LogP contribution is 2.17. The molecule has 0 saturated carbocycles. The number of nitrogens with one attached hydrogen (secondary N) is 1. The van der Waals surface area contributed by atoms with E-state index in [2.05, 4.69) is 11.4 Å². The maximum Gasteiger partial charge on any atom is 0.241 e. The fraction of sp³-hybridized carbons (Fsp3) is 0.263. The summed E-state index contributed by atoms with van der Waals surface area (Å²) >= 11 is 0. The van der Waals surface area contributed by atoms with Gasteiger partial charge in [0.25, 0.3) is 0 Å². The molecule has 0 saturated heterocycles. The van der Waals surface area contributed by atoms with Gasteiger partial charge < -0.3 is 10.1 Å². The highest BCUT2D eigenvalue weighted by molar-refractivity contribution is 5.95. The molecular formula is C19H21N3O2. The van der Waals surface area contributed by atoms with Gasteiger partial charge in [0.1, 0.15) is 11.8 Å². The normalized spacial score (nSPS) is 11.6. The van der Waals surface area contributed by atoms with E-state index in [0.717, 1.165) is 11.3 Å². The largest absolute Gasteiger partial charge is 0.497 e. The number of hydrogen-bond donors (Lipinski definition) is 1. The summed E-state index contributed by atoms with van der Waals surface area (Å²) in [5.74, 6) is 0.643. The first-order chi connectivity index (χ1) is 11.5. The van der Waals surface area contributed by atoms with Crippen LogP contribution in [0.15, 0.2) is 48.5 Å². The standard InChI is InChI=1S/C19H21N3O2/c1-14(19(23)21-18-10-5-4-8-16(18)12-20)22(2)13-15-7-6-9-17(11-15)24-3/h4-11,14H,13H2,1-3H3,(H,21,23)/t14-/m0/s1. The molecule has 0 aliphatic carbocycles. The Labute approximate surface area is 142 Å². The van der Waals surface area contributed by atoms with Crippen molar-refractivity contribution in [3.63, 3.8) is 0 Å². The van der Waals surface area contributed by atoms with Crippen molar-refractivity contribution in [1.82, 2.24) is 4.90 Å². The molecular weight excluding hydrogens is 302 g/mol. The van der Waals surface area contributed by atoms with Crippen LogP contribution in [0.1, 0.15) is 18.1 Å². The van der Waals surface area contributed by atoms with Crippen LogP contribution < -0.4 is 10.1 Å². The molecule has 2 aromatic rings. The topological polar surface area (TPSA) is 65.4 Å². The van der Waals surface area contributed by atoms with Gasteiger partial charge >= 0.3 is 0 Å². The molecule has 5 nitrogen and oxygen atoms in total. The van der Waals surface area contributed by atoms with Gasteiger partial charge in [-0.3, -0.25) is 9.69 Å². The van der Waals surface area contributed by atoms with Crippen LogP contribution in [0.2, 0.25) is 0 Å². The Kier molecular flexibility index (Phi) is 5.94. The summed E-state index contributed by atoms with van der Waals surface area (Å²) in [6, 6.07) is 16.5. The average Bonchev–Trinajstić information content (AvgIpc) is 2.61. The Morgan fingerprint density at radius 3 is 2.75 bits per heavy atom. The summed E-state index contributed by atoms with van der Waals surface area (Å²) < 4.78 is 5.22. The number of methoxy groups -OCH3 is 1. The van der Waals surface area contributed by atoms with Crippen LogP contribution in [-0.4, -0.2) is 31.0 Å². The van der Waals surface area contributed by atoms with Crippen LogP contribution in [0.25, 0.3) is 0 Å². The number of benzene rings is 2. The number of carbonyl (C=O) groups is 1. The maximum absolute atomic E-state index is 12.4. The highest BCUT2D eigenvalue weighted by Gasteiger charge is 2.19. The minimum Gasteiger partial charge on any atom is -0.497 e. The maximum atomic E-state index is 12.4. The van der Waals surface area contributed by atoms with Gasteiger partial charge in [-0.15, -0.1) is 0 Å². The molecule has 0 aliphatic rings. The van der Waals surface area contributed by atoms with Crippen LogP contribution in [0.3, 0.4) is 0 Å². The number of likely N-dealkylation sites (N-methyl/N-ethyl adjacent to an activating group) is 1. The molecule has 1 amide bonds. The predicted octanol–water partition coefficient (Wildman–Crippen LogP) is 3.03. The zero-order chi connectivity index (χ0) is 17.5. The Morgan fingerprint density at radius 2 is 2.04 bits per heavy atom. The van der Waals surface area contributed by atoms with E-state index >= 15 is 0 Å². The molecule has 0 aliphatic heterocycles. The van der Waals surface area contributed by atoms with Crippen LogP contribution in [-0.2, 0) is 11.3 Å². The van der Waals surface area contributed by atoms with Crippen molar-refractivity contribution in [2.45, 2.75) is 19.5 Å². The molecule has 0 bridgehead atoms. The first-order valence-corrected chi connectivity index (χ1v) is 7.68. The number of ether oxygens (including phenoxy) is 1. The molecule has 0 fully saturated rings. The van der Waals surface area contributed by atoms with Gasteiger partial charge in [0.15, 0.2) is 0 Å². The van der Waals surface area contributed by atoms with Crippen molar-refractivity contribution in [3.8, 4) is 11.8 Å². The highest BCUT2D eigenvalue weighted by atomic mass is 16.5. The number of anilines is 1. The molecule has 2 aromatic carbocycles. The Morgan fingerprint density at radius 1 is 1.29 bits per heavy atom. The number of para-hydroxylation sites is 1. The third kappa shape index (κ3) is 4.34. The lowest BCUT2D eigenvalue weighted by molar-refractivity contribution is -0.120. The second kappa shape index (κ2) is 8.14. The smallest absolute Gasteiger partial charge is 0.241 e.